The minimum absolute atomic E-state index is 0.196. The monoisotopic (exact) mass is 221 g/mol. The van der Waals surface area contributed by atoms with E-state index in [0.29, 0.717) is 17.0 Å². The minimum Gasteiger partial charge on any atom is -0.479 e. The highest BCUT2D eigenvalue weighted by molar-refractivity contribution is 5.99. The number of anilines is 1. The van der Waals surface area contributed by atoms with Crippen LogP contribution >= 0.6 is 0 Å². The first-order valence-corrected chi connectivity index (χ1v) is 4.81. The van der Waals surface area contributed by atoms with Gasteiger partial charge in [-0.3, -0.25) is 4.79 Å². The zero-order valence-electron chi connectivity index (χ0n) is 8.94. The molecule has 5 heteroatoms. The van der Waals surface area contributed by atoms with E-state index in [2.05, 4.69) is 10.1 Å². The molecular formula is C11H11NO4. The Balaban J connectivity index is 2.36. The molecule has 84 valence electrons. The van der Waals surface area contributed by atoms with Gasteiger partial charge in [0.05, 0.1) is 18.4 Å². The van der Waals surface area contributed by atoms with Crippen LogP contribution in [0.4, 0.5) is 5.69 Å². The van der Waals surface area contributed by atoms with E-state index in [0.717, 1.165) is 0 Å². The van der Waals surface area contributed by atoms with E-state index in [1.54, 1.807) is 25.1 Å². The van der Waals surface area contributed by atoms with Crippen molar-refractivity contribution >= 4 is 17.6 Å². The third-order valence-electron chi connectivity index (χ3n) is 2.33. The van der Waals surface area contributed by atoms with Crippen LogP contribution in [0.25, 0.3) is 0 Å². The molecule has 1 atom stereocenters. The van der Waals surface area contributed by atoms with Crippen molar-refractivity contribution in [2.75, 3.05) is 12.4 Å². The molecule has 2 rings (SSSR count). The number of benzene rings is 1. The molecule has 0 spiro atoms. The first-order valence-electron chi connectivity index (χ1n) is 4.81. The molecule has 0 radical (unpaired) electrons. The van der Waals surface area contributed by atoms with Gasteiger partial charge < -0.3 is 14.8 Å². The van der Waals surface area contributed by atoms with Gasteiger partial charge >= 0.3 is 5.97 Å². The normalized spacial score (nSPS) is 18.1. The molecule has 0 saturated carbocycles. The minimum atomic E-state index is -0.555. The van der Waals surface area contributed by atoms with Crippen LogP contribution < -0.4 is 10.1 Å². The summed E-state index contributed by atoms with van der Waals surface area (Å²) in [4.78, 5) is 22.6. The Hall–Kier alpha value is -2.04. The second-order valence-corrected chi connectivity index (χ2v) is 3.45. The van der Waals surface area contributed by atoms with Crippen molar-refractivity contribution in [2.45, 2.75) is 13.0 Å². The third kappa shape index (κ3) is 1.71. The molecule has 0 aliphatic carbocycles. The number of carbonyl (C=O) groups excluding carboxylic acids is 2. The molecule has 5 nitrogen and oxygen atoms in total. The molecule has 0 fully saturated rings. The van der Waals surface area contributed by atoms with Crippen LogP contribution in [0, 0.1) is 0 Å². The van der Waals surface area contributed by atoms with Gasteiger partial charge in [-0.25, -0.2) is 4.79 Å². The van der Waals surface area contributed by atoms with Crippen molar-refractivity contribution in [1.82, 2.24) is 0 Å². The average molecular weight is 221 g/mol. The van der Waals surface area contributed by atoms with E-state index >= 15 is 0 Å². The van der Waals surface area contributed by atoms with E-state index in [4.69, 9.17) is 4.74 Å². The van der Waals surface area contributed by atoms with Crippen molar-refractivity contribution in [3.63, 3.8) is 0 Å². The number of methoxy groups -OCH3 is 1. The smallest absolute Gasteiger partial charge is 0.337 e. The quantitative estimate of drug-likeness (QED) is 0.723. The van der Waals surface area contributed by atoms with Crippen molar-refractivity contribution in [3.8, 4) is 5.75 Å². The average Bonchev–Trinajstić information content (AvgIpc) is 2.29. The van der Waals surface area contributed by atoms with Crippen LogP contribution in [-0.4, -0.2) is 25.1 Å². The highest BCUT2D eigenvalue weighted by Crippen LogP contribution is 2.30. The van der Waals surface area contributed by atoms with Crippen LogP contribution in [-0.2, 0) is 9.53 Å². The number of amides is 1. The van der Waals surface area contributed by atoms with Crippen LogP contribution in [0.3, 0.4) is 0 Å². The summed E-state index contributed by atoms with van der Waals surface area (Å²) in [5.41, 5.74) is 0.959. The van der Waals surface area contributed by atoms with Gasteiger partial charge in [-0.15, -0.1) is 0 Å². The molecule has 16 heavy (non-hydrogen) atoms. The van der Waals surface area contributed by atoms with Crippen molar-refractivity contribution in [1.29, 1.82) is 0 Å². The zero-order chi connectivity index (χ0) is 11.7. The number of hydrogen-bond acceptors (Lipinski definition) is 4. The number of nitrogens with one attached hydrogen (secondary N) is 1. The third-order valence-corrected chi connectivity index (χ3v) is 2.33. The van der Waals surface area contributed by atoms with Gasteiger partial charge in [-0.1, -0.05) is 0 Å². The molecule has 0 bridgehead atoms. The molecule has 1 aliphatic rings. The molecule has 1 aliphatic heterocycles. The summed E-state index contributed by atoms with van der Waals surface area (Å²) < 4.78 is 9.95. The Bertz CT molecular complexity index is 455. The van der Waals surface area contributed by atoms with Gasteiger partial charge in [0.25, 0.3) is 5.91 Å². The summed E-state index contributed by atoms with van der Waals surface area (Å²) in [6.45, 7) is 1.64. The summed E-state index contributed by atoms with van der Waals surface area (Å²) >= 11 is 0. The van der Waals surface area contributed by atoms with Gasteiger partial charge in [0, 0.05) is 0 Å². The maximum Gasteiger partial charge on any atom is 0.337 e. The van der Waals surface area contributed by atoms with E-state index in [1.807, 2.05) is 0 Å². The van der Waals surface area contributed by atoms with Crippen LogP contribution in [0.1, 0.15) is 17.3 Å². The number of hydrogen-bond donors (Lipinski definition) is 1. The highest BCUT2D eigenvalue weighted by atomic mass is 16.5. The predicted octanol–water partition coefficient (Wildman–Crippen LogP) is 1.19. The lowest BCUT2D eigenvalue weighted by Crippen LogP contribution is -2.34. The summed E-state index contributed by atoms with van der Waals surface area (Å²) in [6.07, 6.45) is -0.555. The molecule has 1 amide bonds. The summed E-state index contributed by atoms with van der Waals surface area (Å²) in [6, 6.07) is 4.74. The zero-order valence-corrected chi connectivity index (χ0v) is 8.94. The van der Waals surface area contributed by atoms with Gasteiger partial charge in [0.2, 0.25) is 0 Å². The Morgan fingerprint density at radius 3 is 2.94 bits per heavy atom. The van der Waals surface area contributed by atoms with Crippen molar-refractivity contribution in [3.05, 3.63) is 23.8 Å². The molecule has 1 heterocycles. The standard InChI is InChI=1S/C11H11NO4/c1-6-10(13)12-8-4-3-7(11(14)15-2)5-9(8)16-6/h3-6H,1-2H3,(H,12,13)/t6-/m1/s1. The molecule has 1 aromatic rings. The van der Waals surface area contributed by atoms with Gasteiger partial charge in [-0.2, -0.15) is 0 Å². The van der Waals surface area contributed by atoms with Crippen molar-refractivity contribution in [2.24, 2.45) is 0 Å². The van der Waals surface area contributed by atoms with E-state index in [1.165, 1.54) is 7.11 Å². The lowest BCUT2D eigenvalue weighted by atomic mass is 10.1. The largest absolute Gasteiger partial charge is 0.479 e. The number of carbonyl (C=O) groups is 2. The molecule has 0 unspecified atom stereocenters. The van der Waals surface area contributed by atoms with Crippen LogP contribution in [0.15, 0.2) is 18.2 Å². The van der Waals surface area contributed by atoms with Crippen LogP contribution in [0.5, 0.6) is 5.75 Å². The lowest BCUT2D eigenvalue weighted by molar-refractivity contribution is -0.122. The molecule has 1 aromatic carbocycles. The Kier molecular flexibility index (Phi) is 2.52. The van der Waals surface area contributed by atoms with Gasteiger partial charge in [0.15, 0.2) is 6.10 Å². The highest BCUT2D eigenvalue weighted by Gasteiger charge is 2.24. The maximum atomic E-state index is 11.3. The lowest BCUT2D eigenvalue weighted by Gasteiger charge is -2.23. The predicted molar refractivity (Wildman–Crippen MR) is 56.5 cm³/mol. The Labute approximate surface area is 92.4 Å². The van der Waals surface area contributed by atoms with E-state index < -0.39 is 12.1 Å². The molecule has 0 saturated heterocycles. The topological polar surface area (TPSA) is 64.6 Å². The first-order chi connectivity index (χ1) is 7.61. The fraction of sp³-hybridized carbons (Fsp3) is 0.273. The maximum absolute atomic E-state index is 11.3. The van der Waals surface area contributed by atoms with Gasteiger partial charge in [0.1, 0.15) is 5.75 Å². The summed E-state index contributed by atoms with van der Waals surface area (Å²) in [5, 5.41) is 2.68. The van der Waals surface area contributed by atoms with E-state index in [-0.39, 0.29) is 5.91 Å². The van der Waals surface area contributed by atoms with E-state index in [9.17, 15) is 9.59 Å². The fourth-order valence-corrected chi connectivity index (χ4v) is 1.45. The Morgan fingerprint density at radius 2 is 2.25 bits per heavy atom. The second-order valence-electron chi connectivity index (χ2n) is 3.45. The fourth-order valence-electron chi connectivity index (χ4n) is 1.45. The molecular weight excluding hydrogens is 210 g/mol. The molecule has 1 N–H and O–H groups in total. The second kappa shape index (κ2) is 3.84. The number of rotatable bonds is 1. The summed E-state index contributed by atoms with van der Waals surface area (Å²) in [5.74, 6) is -0.149. The number of esters is 1. The van der Waals surface area contributed by atoms with Crippen LogP contribution in [0.2, 0.25) is 0 Å². The Morgan fingerprint density at radius 1 is 1.50 bits per heavy atom. The van der Waals surface area contributed by atoms with Crippen molar-refractivity contribution < 1.29 is 19.1 Å². The first kappa shape index (κ1) is 10.5. The molecule has 0 aromatic heterocycles. The number of ether oxygens (including phenoxy) is 2. The summed E-state index contributed by atoms with van der Waals surface area (Å²) in [7, 11) is 1.31. The SMILES string of the molecule is COC(=O)c1ccc2c(c1)O[C@H](C)C(=O)N2. The number of fused-ring (bicyclic) bond motifs is 1. The van der Waals surface area contributed by atoms with Gasteiger partial charge in [-0.05, 0) is 25.1 Å².